The van der Waals surface area contributed by atoms with E-state index in [1.807, 2.05) is 7.05 Å². The number of nitrogens with two attached hydrogens (primary N) is 1. The van der Waals surface area contributed by atoms with Crippen molar-refractivity contribution in [3.8, 4) is 0 Å². The van der Waals surface area contributed by atoms with E-state index in [0.717, 1.165) is 19.3 Å². The highest BCUT2D eigenvalue weighted by Crippen LogP contribution is 2.28. The highest BCUT2D eigenvalue weighted by molar-refractivity contribution is 5.90. The van der Waals surface area contributed by atoms with Crippen molar-refractivity contribution in [3.05, 3.63) is 11.6 Å². The van der Waals surface area contributed by atoms with E-state index in [1.54, 1.807) is 11.8 Å². The van der Waals surface area contributed by atoms with Gasteiger partial charge in [0.15, 0.2) is 0 Å². The maximum absolute atomic E-state index is 12.1. The molecule has 0 bridgehead atoms. The molecule has 17 heavy (non-hydrogen) atoms. The summed E-state index contributed by atoms with van der Waals surface area (Å²) in [6.07, 6.45) is 3.26. The van der Waals surface area contributed by atoms with Gasteiger partial charge in [-0.3, -0.25) is 9.89 Å². The molecule has 0 saturated heterocycles. The molecule has 1 aliphatic rings. The van der Waals surface area contributed by atoms with Gasteiger partial charge in [0.25, 0.3) is 5.91 Å². The van der Waals surface area contributed by atoms with Crippen molar-refractivity contribution >= 4 is 5.91 Å². The molecule has 1 amide bonds. The van der Waals surface area contributed by atoms with E-state index in [2.05, 4.69) is 15.2 Å². The topological polar surface area (TPSA) is 87.9 Å². The van der Waals surface area contributed by atoms with Crippen LogP contribution in [0.3, 0.4) is 0 Å². The smallest absolute Gasteiger partial charge is 0.293 e. The van der Waals surface area contributed by atoms with Crippen LogP contribution < -0.4 is 5.73 Å². The number of amides is 1. The summed E-state index contributed by atoms with van der Waals surface area (Å²) < 4.78 is 0. The van der Waals surface area contributed by atoms with Crippen LogP contribution in [0.1, 0.15) is 35.7 Å². The molecule has 2 atom stereocenters. The minimum Gasteiger partial charge on any atom is -0.336 e. The zero-order valence-corrected chi connectivity index (χ0v) is 10.3. The zero-order chi connectivity index (χ0) is 12.4. The van der Waals surface area contributed by atoms with Gasteiger partial charge in [0.05, 0.1) is 0 Å². The van der Waals surface area contributed by atoms with Crippen molar-refractivity contribution in [1.29, 1.82) is 0 Å². The van der Waals surface area contributed by atoms with Gasteiger partial charge in [-0.1, -0.05) is 6.42 Å². The third-order valence-corrected chi connectivity index (χ3v) is 3.53. The van der Waals surface area contributed by atoms with Crippen molar-refractivity contribution < 1.29 is 4.79 Å². The third-order valence-electron chi connectivity index (χ3n) is 3.53. The van der Waals surface area contributed by atoms with Gasteiger partial charge in [-0.05, 0) is 32.2 Å². The Morgan fingerprint density at radius 1 is 1.59 bits per heavy atom. The predicted molar refractivity (Wildman–Crippen MR) is 63.4 cm³/mol. The Bertz CT molecular complexity index is 402. The van der Waals surface area contributed by atoms with Gasteiger partial charge < -0.3 is 10.6 Å². The van der Waals surface area contributed by atoms with Crippen LogP contribution in [0.25, 0.3) is 0 Å². The van der Waals surface area contributed by atoms with Crippen molar-refractivity contribution in [3.63, 3.8) is 0 Å². The first-order valence-electron chi connectivity index (χ1n) is 5.99. The minimum absolute atomic E-state index is 0.125. The minimum atomic E-state index is -0.125. The molecule has 0 radical (unpaired) electrons. The highest BCUT2D eigenvalue weighted by Gasteiger charge is 2.33. The number of carbonyl (C=O) groups excluding carboxylic acids is 1. The van der Waals surface area contributed by atoms with Gasteiger partial charge in [-0.15, -0.1) is 5.10 Å². The summed E-state index contributed by atoms with van der Waals surface area (Å²) in [5.74, 6) is 1.18. The first kappa shape index (κ1) is 12.0. The second-order valence-corrected chi connectivity index (χ2v) is 4.65. The monoisotopic (exact) mass is 237 g/mol. The number of nitrogens with one attached hydrogen (secondary N) is 1. The first-order valence-corrected chi connectivity index (χ1v) is 5.99. The molecule has 3 N–H and O–H groups in total. The van der Waals surface area contributed by atoms with Gasteiger partial charge >= 0.3 is 0 Å². The number of nitrogens with zero attached hydrogens (tertiary/aromatic N) is 3. The molecular weight excluding hydrogens is 218 g/mol. The van der Waals surface area contributed by atoms with E-state index in [1.165, 1.54) is 0 Å². The summed E-state index contributed by atoms with van der Waals surface area (Å²) in [7, 11) is 1.81. The molecule has 2 unspecified atom stereocenters. The number of rotatable bonds is 3. The Labute approximate surface area is 101 Å². The number of carbonyl (C=O) groups is 1. The fourth-order valence-corrected chi connectivity index (χ4v) is 2.55. The van der Waals surface area contributed by atoms with Crippen LogP contribution in [0.2, 0.25) is 0 Å². The molecule has 1 fully saturated rings. The van der Waals surface area contributed by atoms with Crippen molar-refractivity contribution in [2.24, 2.45) is 11.7 Å². The second kappa shape index (κ2) is 4.83. The molecule has 0 aromatic carbocycles. The molecule has 0 aliphatic heterocycles. The SMILES string of the molecule is Cc1nc(C(=O)N(C)C2CCCC2CN)n[nH]1. The molecule has 0 spiro atoms. The van der Waals surface area contributed by atoms with Crippen LogP contribution in [-0.4, -0.2) is 45.6 Å². The fraction of sp³-hybridized carbons (Fsp3) is 0.727. The Balaban J connectivity index is 2.09. The summed E-state index contributed by atoms with van der Waals surface area (Å²) in [6.45, 7) is 2.41. The molecule has 1 aliphatic carbocycles. The summed E-state index contributed by atoms with van der Waals surface area (Å²) in [5, 5.41) is 6.59. The van der Waals surface area contributed by atoms with Crippen LogP contribution in [0.4, 0.5) is 0 Å². The molecule has 6 nitrogen and oxygen atoms in total. The van der Waals surface area contributed by atoms with E-state index < -0.39 is 0 Å². The van der Waals surface area contributed by atoms with E-state index in [4.69, 9.17) is 5.73 Å². The van der Waals surface area contributed by atoms with E-state index in [9.17, 15) is 4.79 Å². The molecule has 1 heterocycles. The lowest BCUT2D eigenvalue weighted by molar-refractivity contribution is 0.0688. The van der Waals surface area contributed by atoms with Crippen LogP contribution in [0.15, 0.2) is 0 Å². The maximum atomic E-state index is 12.1. The third kappa shape index (κ3) is 2.31. The highest BCUT2D eigenvalue weighted by atomic mass is 16.2. The normalized spacial score (nSPS) is 23.9. The zero-order valence-electron chi connectivity index (χ0n) is 10.3. The number of aryl methyl sites for hydroxylation is 1. The lowest BCUT2D eigenvalue weighted by Crippen LogP contribution is -2.41. The number of aromatic nitrogens is 3. The quantitative estimate of drug-likeness (QED) is 0.792. The lowest BCUT2D eigenvalue weighted by Gasteiger charge is -2.28. The Hall–Kier alpha value is -1.43. The Kier molecular flexibility index (Phi) is 3.42. The Morgan fingerprint density at radius 3 is 2.94 bits per heavy atom. The van der Waals surface area contributed by atoms with E-state index >= 15 is 0 Å². The van der Waals surface area contributed by atoms with Crippen LogP contribution >= 0.6 is 0 Å². The molecule has 94 valence electrons. The van der Waals surface area contributed by atoms with Crippen molar-refractivity contribution in [1.82, 2.24) is 20.1 Å². The molecule has 1 aromatic heterocycles. The molecule has 2 rings (SSSR count). The Morgan fingerprint density at radius 2 is 2.35 bits per heavy atom. The predicted octanol–water partition coefficient (Wildman–Crippen LogP) is 0.313. The molecule has 1 aromatic rings. The van der Waals surface area contributed by atoms with Crippen LogP contribution in [0, 0.1) is 12.8 Å². The van der Waals surface area contributed by atoms with Gasteiger partial charge in [-0.25, -0.2) is 4.98 Å². The van der Waals surface area contributed by atoms with Crippen molar-refractivity contribution in [2.45, 2.75) is 32.2 Å². The van der Waals surface area contributed by atoms with Crippen LogP contribution in [0.5, 0.6) is 0 Å². The number of H-pyrrole nitrogens is 1. The van der Waals surface area contributed by atoms with Crippen LogP contribution in [-0.2, 0) is 0 Å². The molecule has 1 saturated carbocycles. The van der Waals surface area contributed by atoms with Gasteiger partial charge in [0, 0.05) is 13.1 Å². The van der Waals surface area contributed by atoms with Gasteiger partial charge in [0.1, 0.15) is 5.82 Å². The summed E-state index contributed by atoms with van der Waals surface area (Å²) in [5.41, 5.74) is 5.73. The van der Waals surface area contributed by atoms with Gasteiger partial charge in [-0.2, -0.15) is 0 Å². The van der Waals surface area contributed by atoms with Gasteiger partial charge in [0.2, 0.25) is 5.82 Å². The van der Waals surface area contributed by atoms with E-state index in [0.29, 0.717) is 18.3 Å². The van der Waals surface area contributed by atoms with Crippen molar-refractivity contribution in [2.75, 3.05) is 13.6 Å². The summed E-state index contributed by atoms with van der Waals surface area (Å²) >= 11 is 0. The second-order valence-electron chi connectivity index (χ2n) is 4.65. The maximum Gasteiger partial charge on any atom is 0.293 e. The average molecular weight is 237 g/mol. The summed E-state index contributed by atoms with van der Waals surface area (Å²) in [6, 6.07) is 0.228. The molecule has 6 heteroatoms. The fourth-order valence-electron chi connectivity index (χ4n) is 2.55. The first-order chi connectivity index (χ1) is 8.13. The number of aromatic amines is 1. The average Bonchev–Trinajstić information content (AvgIpc) is 2.95. The standard InChI is InChI=1S/C11H19N5O/c1-7-13-10(15-14-7)11(17)16(2)9-5-3-4-8(9)6-12/h8-9H,3-6,12H2,1-2H3,(H,13,14,15). The largest absolute Gasteiger partial charge is 0.336 e. The molecular formula is C11H19N5O. The number of hydrogen-bond acceptors (Lipinski definition) is 4. The summed E-state index contributed by atoms with van der Waals surface area (Å²) in [4.78, 5) is 18.0. The lowest BCUT2D eigenvalue weighted by atomic mass is 10.0. The number of hydrogen-bond donors (Lipinski definition) is 2. The van der Waals surface area contributed by atoms with E-state index in [-0.39, 0.29) is 17.8 Å².